The molecule has 0 aliphatic heterocycles. The summed E-state index contributed by atoms with van der Waals surface area (Å²) in [5.41, 5.74) is 4.45. The van der Waals surface area contributed by atoms with Gasteiger partial charge in [0.1, 0.15) is 12.0 Å². The molecule has 3 heterocycles. The van der Waals surface area contributed by atoms with E-state index < -0.39 is 0 Å². The van der Waals surface area contributed by atoms with Crippen LogP contribution in [0.3, 0.4) is 0 Å². The van der Waals surface area contributed by atoms with E-state index in [2.05, 4.69) is 25.6 Å². The molecule has 0 spiro atoms. The van der Waals surface area contributed by atoms with Crippen molar-refractivity contribution in [2.45, 2.75) is 6.54 Å². The summed E-state index contributed by atoms with van der Waals surface area (Å²) in [6.45, 7) is 0.672. The Balaban J connectivity index is 1.60. The molecule has 4 aromatic rings. The third-order valence-corrected chi connectivity index (χ3v) is 4.22. The molecule has 4 rings (SSSR count). The highest BCUT2D eigenvalue weighted by Gasteiger charge is 2.08. The molecule has 0 amide bonds. The minimum absolute atomic E-state index is 0.331. The van der Waals surface area contributed by atoms with Gasteiger partial charge in [0.15, 0.2) is 0 Å². The molecule has 128 valence electrons. The SMILES string of the molecule is COC(=O)c1ccc(Cn2ccc3cc(-c4cncnc4)cnc32)cc1. The largest absolute Gasteiger partial charge is 0.465 e. The van der Waals surface area contributed by atoms with Gasteiger partial charge in [-0.2, -0.15) is 0 Å². The maximum Gasteiger partial charge on any atom is 0.337 e. The lowest BCUT2D eigenvalue weighted by atomic mass is 10.1. The van der Waals surface area contributed by atoms with E-state index in [1.54, 1.807) is 24.5 Å². The Morgan fingerprint density at radius 3 is 2.54 bits per heavy atom. The van der Waals surface area contributed by atoms with Gasteiger partial charge in [-0.3, -0.25) is 0 Å². The highest BCUT2D eigenvalue weighted by Crippen LogP contribution is 2.22. The molecule has 6 nitrogen and oxygen atoms in total. The van der Waals surface area contributed by atoms with Gasteiger partial charge in [-0.15, -0.1) is 0 Å². The fourth-order valence-electron chi connectivity index (χ4n) is 2.87. The van der Waals surface area contributed by atoms with E-state index in [9.17, 15) is 4.79 Å². The molecule has 0 fully saturated rings. The van der Waals surface area contributed by atoms with Crippen LogP contribution in [0.4, 0.5) is 0 Å². The van der Waals surface area contributed by atoms with Gasteiger partial charge in [-0.05, 0) is 29.8 Å². The van der Waals surface area contributed by atoms with E-state index >= 15 is 0 Å². The summed E-state index contributed by atoms with van der Waals surface area (Å²) in [6, 6.07) is 11.5. The van der Waals surface area contributed by atoms with Crippen molar-refractivity contribution in [3.05, 3.63) is 78.6 Å². The average Bonchev–Trinajstić information content (AvgIpc) is 3.10. The zero-order valence-corrected chi connectivity index (χ0v) is 14.2. The molecule has 0 unspecified atom stereocenters. The monoisotopic (exact) mass is 344 g/mol. The van der Waals surface area contributed by atoms with Gasteiger partial charge in [0.25, 0.3) is 0 Å². The first kappa shape index (κ1) is 16.0. The van der Waals surface area contributed by atoms with Crippen LogP contribution in [-0.4, -0.2) is 32.6 Å². The molecule has 0 atom stereocenters. The third kappa shape index (κ3) is 3.04. The fraction of sp³-hybridized carbons (Fsp3) is 0.100. The molecule has 26 heavy (non-hydrogen) atoms. The lowest BCUT2D eigenvalue weighted by molar-refractivity contribution is 0.0600. The predicted molar refractivity (Wildman–Crippen MR) is 97.6 cm³/mol. The van der Waals surface area contributed by atoms with Crippen LogP contribution in [0.15, 0.2) is 67.5 Å². The van der Waals surface area contributed by atoms with Crippen LogP contribution in [0.25, 0.3) is 22.2 Å². The van der Waals surface area contributed by atoms with Crippen molar-refractivity contribution in [2.75, 3.05) is 7.11 Å². The second kappa shape index (κ2) is 6.76. The quantitative estimate of drug-likeness (QED) is 0.531. The number of fused-ring (bicyclic) bond motifs is 1. The minimum Gasteiger partial charge on any atom is -0.465 e. The third-order valence-electron chi connectivity index (χ3n) is 4.22. The highest BCUT2D eigenvalue weighted by molar-refractivity contribution is 5.89. The molecule has 6 heteroatoms. The predicted octanol–water partition coefficient (Wildman–Crippen LogP) is 3.33. The maximum absolute atomic E-state index is 11.5. The molecule has 0 N–H and O–H groups in total. The summed E-state index contributed by atoms with van der Waals surface area (Å²) < 4.78 is 6.80. The zero-order valence-electron chi connectivity index (χ0n) is 14.2. The minimum atomic E-state index is -0.331. The van der Waals surface area contributed by atoms with Crippen LogP contribution in [0, 0.1) is 0 Å². The number of benzene rings is 1. The topological polar surface area (TPSA) is 69.9 Å². The van der Waals surface area contributed by atoms with Gasteiger partial charge in [0.05, 0.1) is 12.7 Å². The zero-order chi connectivity index (χ0) is 17.9. The number of esters is 1. The van der Waals surface area contributed by atoms with Gasteiger partial charge >= 0.3 is 5.97 Å². The van der Waals surface area contributed by atoms with Crippen LogP contribution < -0.4 is 0 Å². The fourth-order valence-corrected chi connectivity index (χ4v) is 2.87. The number of ether oxygens (including phenoxy) is 1. The van der Waals surface area contributed by atoms with Gasteiger partial charge in [-0.1, -0.05) is 12.1 Å². The summed E-state index contributed by atoms with van der Waals surface area (Å²) in [5, 5.41) is 1.05. The normalized spacial score (nSPS) is 10.8. The molecule has 0 bridgehead atoms. The first-order valence-electron chi connectivity index (χ1n) is 8.12. The number of hydrogen-bond acceptors (Lipinski definition) is 5. The average molecular weight is 344 g/mol. The summed E-state index contributed by atoms with van der Waals surface area (Å²) >= 11 is 0. The van der Waals surface area contributed by atoms with Crippen molar-refractivity contribution in [1.82, 2.24) is 19.5 Å². The smallest absolute Gasteiger partial charge is 0.337 e. The Hall–Kier alpha value is -3.54. The standard InChI is InChI=1S/C20H16N4O2/c1-26-20(25)15-4-2-14(3-5-15)12-24-7-6-16-8-17(11-23-19(16)24)18-9-21-13-22-10-18/h2-11,13H,12H2,1H3. The molecule has 0 saturated heterocycles. The molecular formula is C20H16N4O2. The van der Waals surface area contributed by atoms with Crippen LogP contribution in [0.2, 0.25) is 0 Å². The first-order chi connectivity index (χ1) is 12.7. The summed E-state index contributed by atoms with van der Waals surface area (Å²) in [7, 11) is 1.38. The Morgan fingerprint density at radius 2 is 1.81 bits per heavy atom. The van der Waals surface area contributed by atoms with Crippen molar-refractivity contribution < 1.29 is 9.53 Å². The van der Waals surface area contributed by atoms with Gasteiger partial charge in [0, 0.05) is 47.8 Å². The molecule has 3 aromatic heterocycles. The Bertz CT molecular complexity index is 1060. The second-order valence-electron chi connectivity index (χ2n) is 5.90. The lowest BCUT2D eigenvalue weighted by Gasteiger charge is -2.07. The number of carbonyl (C=O) groups excluding carboxylic acids is 1. The van der Waals surface area contributed by atoms with E-state index in [-0.39, 0.29) is 5.97 Å². The second-order valence-corrected chi connectivity index (χ2v) is 5.90. The van der Waals surface area contributed by atoms with Crippen LogP contribution in [0.5, 0.6) is 0 Å². The van der Waals surface area contributed by atoms with E-state index in [0.717, 1.165) is 27.7 Å². The summed E-state index contributed by atoms with van der Waals surface area (Å²) in [6.07, 6.45) is 8.90. The van der Waals surface area contributed by atoms with Gasteiger partial charge in [-0.25, -0.2) is 19.7 Å². The first-order valence-corrected chi connectivity index (χ1v) is 8.12. The number of aromatic nitrogens is 4. The van der Waals surface area contributed by atoms with E-state index in [1.807, 2.05) is 30.6 Å². The number of methoxy groups -OCH3 is 1. The number of carbonyl (C=O) groups is 1. The van der Waals surface area contributed by atoms with Crippen molar-refractivity contribution in [3.8, 4) is 11.1 Å². The van der Waals surface area contributed by atoms with Crippen molar-refractivity contribution in [1.29, 1.82) is 0 Å². The van der Waals surface area contributed by atoms with Gasteiger partial charge < -0.3 is 9.30 Å². The number of pyridine rings is 1. The van der Waals surface area contributed by atoms with Crippen LogP contribution in [-0.2, 0) is 11.3 Å². The van der Waals surface area contributed by atoms with E-state index in [1.165, 1.54) is 13.4 Å². The molecule has 0 aliphatic carbocycles. The lowest BCUT2D eigenvalue weighted by Crippen LogP contribution is -2.03. The van der Waals surface area contributed by atoms with E-state index in [0.29, 0.717) is 12.1 Å². The molecule has 0 aliphatic rings. The molecule has 1 aromatic carbocycles. The van der Waals surface area contributed by atoms with Crippen molar-refractivity contribution >= 4 is 17.0 Å². The molecular weight excluding hydrogens is 328 g/mol. The summed E-state index contributed by atoms with van der Waals surface area (Å²) in [4.78, 5) is 24.2. The Kier molecular flexibility index (Phi) is 4.15. The van der Waals surface area contributed by atoms with Crippen LogP contribution >= 0.6 is 0 Å². The Labute approximate surface area is 150 Å². The molecule has 0 radical (unpaired) electrons. The molecule has 0 saturated carbocycles. The van der Waals surface area contributed by atoms with Crippen molar-refractivity contribution in [2.24, 2.45) is 0 Å². The van der Waals surface area contributed by atoms with Crippen LogP contribution in [0.1, 0.15) is 15.9 Å². The number of nitrogens with zero attached hydrogens (tertiary/aromatic N) is 4. The number of rotatable bonds is 4. The summed E-state index contributed by atoms with van der Waals surface area (Å²) in [5.74, 6) is -0.331. The van der Waals surface area contributed by atoms with E-state index in [4.69, 9.17) is 4.74 Å². The van der Waals surface area contributed by atoms with Crippen molar-refractivity contribution in [3.63, 3.8) is 0 Å². The highest BCUT2D eigenvalue weighted by atomic mass is 16.5. The van der Waals surface area contributed by atoms with Gasteiger partial charge in [0.2, 0.25) is 0 Å². The maximum atomic E-state index is 11.5. The Morgan fingerprint density at radius 1 is 1.04 bits per heavy atom. The number of hydrogen-bond donors (Lipinski definition) is 0.